The van der Waals surface area contributed by atoms with Crippen LogP contribution in [0.1, 0.15) is 5.76 Å². The maximum absolute atomic E-state index is 5.55. The van der Waals surface area contributed by atoms with Gasteiger partial charge in [0, 0.05) is 0 Å². The second kappa shape index (κ2) is 5.03. The van der Waals surface area contributed by atoms with Gasteiger partial charge in [-0.25, -0.2) is 20.3 Å². The predicted octanol–water partition coefficient (Wildman–Crippen LogP) is 2.47. The van der Waals surface area contributed by atoms with E-state index in [1.54, 1.807) is 10.6 Å². The maximum atomic E-state index is 5.55. The Hall–Kier alpha value is -1.25. The van der Waals surface area contributed by atoms with Crippen molar-refractivity contribution in [1.29, 1.82) is 0 Å². The molecule has 1 unspecified atom stereocenters. The number of nitrogens with two attached hydrogens (primary N) is 1. The second-order valence-corrected chi connectivity index (χ2v) is 5.87. The molecule has 0 bridgehead atoms. The summed E-state index contributed by atoms with van der Waals surface area (Å²) in [7, 11) is 0. The van der Waals surface area contributed by atoms with E-state index in [-0.39, 0.29) is 0 Å². The average molecular weight is 388 g/mol. The monoisotopic (exact) mass is 388 g/mol. The van der Waals surface area contributed by atoms with E-state index in [1.165, 1.54) is 0 Å². The minimum atomic E-state index is 0.451. The van der Waals surface area contributed by atoms with E-state index in [0.29, 0.717) is 23.8 Å². The third-order valence-electron chi connectivity index (χ3n) is 2.61. The van der Waals surface area contributed by atoms with Gasteiger partial charge in [-0.05, 0) is 41.1 Å². The Balaban J connectivity index is 2.25. The number of aromatic nitrogens is 4. The standard InChI is InChI=1S/C10H10IN6OP/c1-5-2-3-7(18-5)9-14-8(16-12)6-4-13-17(19-11)10(6)15-9/h2-4,19H,12H2,1H3,(H,14,15,16). The van der Waals surface area contributed by atoms with Crippen LogP contribution in [0, 0.1) is 6.92 Å². The Kier molecular flexibility index (Phi) is 3.38. The van der Waals surface area contributed by atoms with Gasteiger partial charge in [-0.1, -0.05) is 0 Å². The Morgan fingerprint density at radius 2 is 2.26 bits per heavy atom. The molecule has 0 aliphatic carbocycles. The van der Waals surface area contributed by atoms with Crippen LogP contribution in [-0.4, -0.2) is 19.5 Å². The number of furan rings is 1. The average Bonchev–Trinajstić information content (AvgIpc) is 3.03. The molecule has 3 N–H and O–H groups in total. The molecular formula is C10H10IN6OP. The first-order valence-corrected chi connectivity index (χ1v) is 9.45. The molecule has 98 valence electrons. The molecule has 0 aliphatic rings. The van der Waals surface area contributed by atoms with Gasteiger partial charge in [0.2, 0.25) is 0 Å². The SMILES string of the molecule is Cc1ccc(-c2nc(NN)c3cnn(PI)c3n2)o1. The van der Waals surface area contributed by atoms with Gasteiger partial charge in [0.15, 0.2) is 23.0 Å². The molecular weight excluding hydrogens is 378 g/mol. The van der Waals surface area contributed by atoms with E-state index in [2.05, 4.69) is 42.5 Å². The first-order valence-electron chi connectivity index (χ1n) is 5.39. The molecule has 1 atom stereocenters. The molecule has 3 aromatic rings. The lowest BCUT2D eigenvalue weighted by molar-refractivity contribution is 0.544. The van der Waals surface area contributed by atoms with E-state index in [1.807, 2.05) is 19.1 Å². The van der Waals surface area contributed by atoms with Gasteiger partial charge in [0.1, 0.15) is 5.76 Å². The molecule has 0 aromatic carbocycles. The van der Waals surface area contributed by atoms with Crippen molar-refractivity contribution in [1.82, 2.24) is 19.5 Å². The molecule has 0 fully saturated rings. The third kappa shape index (κ3) is 2.19. The molecule has 9 heteroatoms. The highest BCUT2D eigenvalue weighted by molar-refractivity contribution is 14.2. The van der Waals surface area contributed by atoms with Crippen LogP contribution in [0.5, 0.6) is 0 Å². The first kappa shape index (κ1) is 12.8. The molecule has 0 saturated carbocycles. The van der Waals surface area contributed by atoms with Gasteiger partial charge in [-0.15, -0.1) is 0 Å². The van der Waals surface area contributed by atoms with Gasteiger partial charge in [0.25, 0.3) is 0 Å². The smallest absolute Gasteiger partial charge is 0.199 e. The molecule has 0 spiro atoms. The van der Waals surface area contributed by atoms with Crippen molar-refractivity contribution in [2.45, 2.75) is 6.92 Å². The van der Waals surface area contributed by atoms with E-state index >= 15 is 0 Å². The highest BCUT2D eigenvalue weighted by Gasteiger charge is 2.14. The number of rotatable bonds is 3. The fourth-order valence-electron chi connectivity index (χ4n) is 1.74. The number of anilines is 1. The topological polar surface area (TPSA) is 94.8 Å². The second-order valence-electron chi connectivity index (χ2n) is 3.83. The van der Waals surface area contributed by atoms with E-state index in [9.17, 15) is 0 Å². The number of hydrogen-bond acceptors (Lipinski definition) is 6. The lowest BCUT2D eigenvalue weighted by Gasteiger charge is -2.04. The Morgan fingerprint density at radius 3 is 2.89 bits per heavy atom. The van der Waals surface area contributed by atoms with Crippen LogP contribution in [0.4, 0.5) is 5.82 Å². The Bertz CT molecular complexity index is 739. The molecule has 3 heterocycles. The van der Waals surface area contributed by atoms with E-state index < -0.39 is 0 Å². The highest BCUT2D eigenvalue weighted by Crippen LogP contribution is 2.31. The van der Waals surface area contributed by atoms with E-state index in [4.69, 9.17) is 10.3 Å². The van der Waals surface area contributed by atoms with Crippen molar-refractivity contribution >= 4 is 45.3 Å². The number of halogens is 1. The van der Waals surface area contributed by atoms with Crippen molar-refractivity contribution in [3.05, 3.63) is 24.1 Å². The Labute approximate surface area is 123 Å². The van der Waals surface area contributed by atoms with Crippen LogP contribution in [0.3, 0.4) is 0 Å². The maximum Gasteiger partial charge on any atom is 0.199 e. The van der Waals surface area contributed by atoms with Crippen molar-refractivity contribution < 1.29 is 4.42 Å². The summed E-state index contributed by atoms with van der Waals surface area (Å²) in [5.41, 5.74) is 3.31. The molecule has 3 aromatic heterocycles. The predicted molar refractivity (Wildman–Crippen MR) is 83.3 cm³/mol. The third-order valence-corrected chi connectivity index (χ3v) is 4.46. The van der Waals surface area contributed by atoms with Crippen molar-refractivity contribution in [3.63, 3.8) is 0 Å². The van der Waals surface area contributed by atoms with Crippen LogP contribution in [0.25, 0.3) is 22.6 Å². The van der Waals surface area contributed by atoms with Crippen LogP contribution in [0.2, 0.25) is 0 Å². The largest absolute Gasteiger partial charge is 0.458 e. The molecule has 19 heavy (non-hydrogen) atoms. The normalized spacial score (nSPS) is 11.7. The van der Waals surface area contributed by atoms with Crippen LogP contribution < -0.4 is 11.3 Å². The summed E-state index contributed by atoms with van der Waals surface area (Å²) in [6.45, 7) is 1.88. The highest BCUT2D eigenvalue weighted by atomic mass is 127. The summed E-state index contributed by atoms with van der Waals surface area (Å²) >= 11 is 2.25. The van der Waals surface area contributed by atoms with Crippen LogP contribution in [-0.2, 0) is 0 Å². The van der Waals surface area contributed by atoms with Gasteiger partial charge in [0.05, 0.1) is 18.0 Å². The number of fused-ring (bicyclic) bond motifs is 1. The summed E-state index contributed by atoms with van der Waals surface area (Å²) in [6, 6.07) is 3.71. The van der Waals surface area contributed by atoms with Crippen molar-refractivity contribution in [2.75, 3.05) is 5.43 Å². The van der Waals surface area contributed by atoms with Gasteiger partial charge in [-0.2, -0.15) is 5.10 Å². The van der Waals surface area contributed by atoms with Gasteiger partial charge >= 0.3 is 0 Å². The summed E-state index contributed by atoms with van der Waals surface area (Å²) in [5.74, 6) is 7.96. The summed E-state index contributed by atoms with van der Waals surface area (Å²) in [6.07, 6.45) is 2.15. The molecule has 7 nitrogen and oxygen atoms in total. The minimum absolute atomic E-state index is 0.451. The van der Waals surface area contributed by atoms with Gasteiger partial charge < -0.3 is 9.84 Å². The minimum Gasteiger partial charge on any atom is -0.458 e. The number of hydrogen-bond donors (Lipinski definition) is 2. The van der Waals surface area contributed by atoms with Crippen LogP contribution >= 0.6 is 28.4 Å². The number of nitrogen functional groups attached to an aromatic ring is 1. The zero-order valence-corrected chi connectivity index (χ0v) is 13.0. The molecule has 0 radical (unpaired) electrons. The van der Waals surface area contributed by atoms with E-state index in [0.717, 1.165) is 16.8 Å². The fraction of sp³-hybridized carbons (Fsp3) is 0.100. The van der Waals surface area contributed by atoms with Crippen molar-refractivity contribution in [3.8, 4) is 11.6 Å². The lowest BCUT2D eigenvalue weighted by Crippen LogP contribution is -2.10. The Morgan fingerprint density at radius 1 is 1.42 bits per heavy atom. The van der Waals surface area contributed by atoms with Crippen molar-refractivity contribution in [2.24, 2.45) is 5.84 Å². The molecule has 0 aliphatic heterocycles. The number of nitrogens with zero attached hydrogens (tertiary/aromatic N) is 4. The molecule has 0 amide bonds. The lowest BCUT2D eigenvalue weighted by atomic mass is 10.3. The number of hydrazine groups is 1. The zero-order chi connectivity index (χ0) is 13.4. The number of nitrogens with one attached hydrogen (secondary N) is 1. The summed E-state index contributed by atoms with van der Waals surface area (Å²) < 4.78 is 7.35. The number of aryl methyl sites for hydroxylation is 1. The molecule has 3 rings (SSSR count). The van der Waals surface area contributed by atoms with Crippen LogP contribution in [0.15, 0.2) is 22.7 Å². The zero-order valence-electron chi connectivity index (χ0n) is 9.88. The van der Waals surface area contributed by atoms with Gasteiger partial charge in [-0.3, -0.25) is 0 Å². The summed E-state index contributed by atoms with van der Waals surface area (Å²) in [5, 5.41) is 5.05. The summed E-state index contributed by atoms with van der Waals surface area (Å²) in [4.78, 5) is 8.86. The molecule has 0 saturated heterocycles. The fourth-order valence-corrected chi connectivity index (χ4v) is 3.16. The quantitative estimate of drug-likeness (QED) is 0.310. The first-order chi connectivity index (χ1) is 9.22.